The molecule has 1 atom stereocenters. The Bertz CT molecular complexity index is 532. The first-order chi connectivity index (χ1) is 9.61. The third-order valence-electron chi connectivity index (χ3n) is 4.57. The lowest BCUT2D eigenvalue weighted by atomic mass is 9.92. The van der Waals surface area contributed by atoms with Gasteiger partial charge in [-0.3, -0.25) is 4.79 Å². The van der Waals surface area contributed by atoms with Crippen molar-refractivity contribution in [3.8, 4) is 0 Å². The summed E-state index contributed by atoms with van der Waals surface area (Å²) in [5.74, 6) is -1.16. The molecule has 1 amide bonds. The van der Waals surface area contributed by atoms with Gasteiger partial charge >= 0.3 is 0 Å². The monoisotopic (exact) mass is 316 g/mol. The van der Waals surface area contributed by atoms with Gasteiger partial charge in [0.15, 0.2) is 0 Å². The number of carbonyl (C=O) groups excluding carboxylic acids is 1. The number of benzene rings is 1. The van der Waals surface area contributed by atoms with E-state index in [9.17, 15) is 13.6 Å². The lowest BCUT2D eigenvalue weighted by molar-refractivity contribution is -0.123. The van der Waals surface area contributed by atoms with E-state index in [2.05, 4.69) is 10.6 Å². The lowest BCUT2D eigenvalue weighted by Crippen LogP contribution is -2.33. The summed E-state index contributed by atoms with van der Waals surface area (Å²) in [5.41, 5.74) is 0.496. The summed E-state index contributed by atoms with van der Waals surface area (Å²) < 4.78 is 26.3. The van der Waals surface area contributed by atoms with E-state index in [0.29, 0.717) is 5.56 Å². The first-order valence-electron chi connectivity index (χ1n) is 7.03. The molecule has 1 aliphatic carbocycles. The van der Waals surface area contributed by atoms with Gasteiger partial charge in [-0.25, -0.2) is 8.78 Å². The third-order valence-corrected chi connectivity index (χ3v) is 4.57. The molecule has 116 valence electrons. The fraction of sp³-hybridized carbons (Fsp3) is 0.533. The second-order valence-electron chi connectivity index (χ2n) is 5.82. The van der Waals surface area contributed by atoms with Crippen molar-refractivity contribution < 1.29 is 13.6 Å². The minimum absolute atomic E-state index is 0. The second kappa shape index (κ2) is 6.28. The smallest absolute Gasteiger partial charge is 0.223 e. The molecule has 2 N–H and O–H groups in total. The van der Waals surface area contributed by atoms with Gasteiger partial charge in [0.05, 0.1) is 0 Å². The van der Waals surface area contributed by atoms with Crippen LogP contribution in [0.15, 0.2) is 18.2 Å². The van der Waals surface area contributed by atoms with Gasteiger partial charge in [0.2, 0.25) is 5.91 Å². The van der Waals surface area contributed by atoms with Crippen LogP contribution in [0.4, 0.5) is 8.78 Å². The van der Waals surface area contributed by atoms with Gasteiger partial charge in [0.25, 0.3) is 0 Å². The zero-order valence-electron chi connectivity index (χ0n) is 11.6. The number of amides is 1. The van der Waals surface area contributed by atoms with Crippen molar-refractivity contribution >= 4 is 18.3 Å². The summed E-state index contributed by atoms with van der Waals surface area (Å²) in [6, 6.07) is 3.42. The first kappa shape index (κ1) is 16.2. The van der Waals surface area contributed by atoms with Crippen LogP contribution in [0.1, 0.15) is 24.8 Å². The molecule has 1 aromatic carbocycles. The molecule has 2 fully saturated rings. The highest BCUT2D eigenvalue weighted by molar-refractivity contribution is 5.85. The van der Waals surface area contributed by atoms with E-state index >= 15 is 0 Å². The van der Waals surface area contributed by atoms with Crippen LogP contribution in [0.3, 0.4) is 0 Å². The summed E-state index contributed by atoms with van der Waals surface area (Å²) in [7, 11) is 0. The van der Waals surface area contributed by atoms with Crippen molar-refractivity contribution in [3.63, 3.8) is 0 Å². The number of hydrogen-bond acceptors (Lipinski definition) is 2. The molecular weight excluding hydrogens is 298 g/mol. The highest BCUT2D eigenvalue weighted by Gasteiger charge is 2.57. The van der Waals surface area contributed by atoms with E-state index in [1.165, 1.54) is 12.1 Å². The second-order valence-corrected chi connectivity index (χ2v) is 5.82. The van der Waals surface area contributed by atoms with E-state index in [1.54, 1.807) is 0 Å². The Balaban J connectivity index is 0.00000161. The summed E-state index contributed by atoms with van der Waals surface area (Å²) in [6.45, 7) is 2.06. The largest absolute Gasteiger partial charge is 0.352 e. The molecule has 1 aliphatic heterocycles. The molecule has 21 heavy (non-hydrogen) atoms. The van der Waals surface area contributed by atoms with E-state index in [0.717, 1.165) is 38.4 Å². The predicted molar refractivity (Wildman–Crippen MR) is 78.1 cm³/mol. The number of halogens is 3. The van der Waals surface area contributed by atoms with Crippen molar-refractivity contribution in [3.05, 3.63) is 35.4 Å². The Labute approximate surface area is 128 Å². The standard InChI is InChI=1S/C15H18F2N2O.ClH/c16-11-2-1-10(13(17)7-11)9-19-14(20)12-8-15(12)3-5-18-6-4-15;/h1-2,7,12,18H,3-6,8-9H2,(H,19,20);1H. The maximum absolute atomic E-state index is 13.5. The molecule has 1 saturated carbocycles. The van der Waals surface area contributed by atoms with Gasteiger partial charge in [-0.05, 0) is 43.8 Å². The quantitative estimate of drug-likeness (QED) is 0.899. The molecule has 0 bridgehead atoms. The van der Waals surface area contributed by atoms with Crippen molar-refractivity contribution in [2.24, 2.45) is 11.3 Å². The Morgan fingerprint density at radius 1 is 1.33 bits per heavy atom. The van der Waals surface area contributed by atoms with Gasteiger partial charge < -0.3 is 10.6 Å². The molecule has 3 rings (SSSR count). The van der Waals surface area contributed by atoms with E-state index in [1.807, 2.05) is 0 Å². The SMILES string of the molecule is Cl.O=C(NCc1ccc(F)cc1F)C1CC12CCNCC2. The molecule has 1 unspecified atom stereocenters. The van der Waals surface area contributed by atoms with Crippen LogP contribution in [0.25, 0.3) is 0 Å². The van der Waals surface area contributed by atoms with E-state index in [4.69, 9.17) is 0 Å². The highest BCUT2D eigenvalue weighted by Crippen LogP contribution is 2.58. The Kier molecular flexibility index (Phi) is 4.84. The average molecular weight is 317 g/mol. The van der Waals surface area contributed by atoms with Crippen molar-refractivity contribution in [2.75, 3.05) is 13.1 Å². The Morgan fingerprint density at radius 2 is 2.05 bits per heavy atom. The molecule has 6 heteroatoms. The molecule has 0 aromatic heterocycles. The first-order valence-corrected chi connectivity index (χ1v) is 7.03. The molecule has 2 aliphatic rings. The van der Waals surface area contributed by atoms with Crippen LogP contribution in [0.2, 0.25) is 0 Å². The van der Waals surface area contributed by atoms with Gasteiger partial charge in [-0.1, -0.05) is 6.07 Å². The van der Waals surface area contributed by atoms with Gasteiger partial charge in [-0.15, -0.1) is 12.4 Å². The summed E-state index contributed by atoms with van der Waals surface area (Å²) >= 11 is 0. The van der Waals surface area contributed by atoms with Crippen molar-refractivity contribution in [1.29, 1.82) is 0 Å². The zero-order chi connectivity index (χ0) is 14.2. The van der Waals surface area contributed by atoms with Gasteiger partial charge in [0, 0.05) is 24.1 Å². The molecular formula is C15H19ClF2N2O. The van der Waals surface area contributed by atoms with Gasteiger partial charge in [0.1, 0.15) is 11.6 Å². The number of carbonyl (C=O) groups is 1. The van der Waals surface area contributed by atoms with Crippen LogP contribution in [0.5, 0.6) is 0 Å². The maximum atomic E-state index is 13.5. The summed E-state index contributed by atoms with van der Waals surface area (Å²) in [4.78, 5) is 12.1. The molecule has 1 spiro atoms. The minimum atomic E-state index is -0.613. The summed E-state index contributed by atoms with van der Waals surface area (Å²) in [5, 5.41) is 6.06. The number of nitrogens with one attached hydrogen (secondary N) is 2. The van der Waals surface area contributed by atoms with Crippen LogP contribution in [-0.2, 0) is 11.3 Å². The van der Waals surface area contributed by atoms with Crippen molar-refractivity contribution in [2.45, 2.75) is 25.8 Å². The lowest BCUT2D eigenvalue weighted by Gasteiger charge is -2.23. The molecule has 0 radical (unpaired) electrons. The Morgan fingerprint density at radius 3 is 2.71 bits per heavy atom. The highest BCUT2D eigenvalue weighted by atomic mass is 35.5. The molecule has 3 nitrogen and oxygen atoms in total. The zero-order valence-corrected chi connectivity index (χ0v) is 12.4. The number of rotatable bonds is 3. The van der Waals surface area contributed by atoms with E-state index < -0.39 is 11.6 Å². The fourth-order valence-electron chi connectivity index (χ4n) is 3.17. The van der Waals surface area contributed by atoms with Crippen LogP contribution >= 0.6 is 12.4 Å². The molecule has 1 aromatic rings. The van der Waals surface area contributed by atoms with Crippen LogP contribution < -0.4 is 10.6 Å². The van der Waals surface area contributed by atoms with Gasteiger partial charge in [-0.2, -0.15) is 0 Å². The van der Waals surface area contributed by atoms with Crippen LogP contribution in [-0.4, -0.2) is 19.0 Å². The Hall–Kier alpha value is -1.20. The maximum Gasteiger partial charge on any atom is 0.223 e. The molecule has 1 heterocycles. The predicted octanol–water partition coefficient (Wildman–Crippen LogP) is 2.39. The number of hydrogen-bond donors (Lipinski definition) is 2. The van der Waals surface area contributed by atoms with Crippen LogP contribution in [0, 0.1) is 23.0 Å². The normalized spacial score (nSPS) is 22.5. The number of piperidine rings is 1. The fourth-order valence-corrected chi connectivity index (χ4v) is 3.17. The molecule has 1 saturated heterocycles. The topological polar surface area (TPSA) is 41.1 Å². The minimum Gasteiger partial charge on any atom is -0.352 e. The van der Waals surface area contributed by atoms with E-state index in [-0.39, 0.29) is 36.2 Å². The van der Waals surface area contributed by atoms with Crippen molar-refractivity contribution in [1.82, 2.24) is 10.6 Å². The summed E-state index contributed by atoms with van der Waals surface area (Å²) in [6.07, 6.45) is 3.01. The third kappa shape index (κ3) is 3.35. The average Bonchev–Trinajstić information content (AvgIpc) is 3.12.